The standard InChI is InChI=1S/C23H24N4O3.C19H28N2O3.C14H18N2OS.C14H16N2OS.C10H7NO.C4H11NOS2.4C2H6O.C2H6.B.ClH.Na.Ti.H/c1-14(2)29-21-10-7-15(13-20(21)24-3)23-26-22(27-30-23)18-6-4-5-17-16(18)8-9-19(17)25-11-12-28;1-5-11-21(18(23)24-19(2,3)4)17-10-9-13-14(16(20)12-22)7-6-8-15(13)17;2*1-14(2,3)18(17)16-13-8-7-11-10(9-15)5-4-6-12(11)13;11-6-7-2-1-3-9-8(7)4-5-10(9)12;1-4(2,3)7-8(5)6;4*1-2-3;1-2;;;;;/h4-7,10,13-14,19,25,28H,8-9,11-12H2,1-2H3;6-8,17,20,22H,5,9-12H2,1-4H3;4-6,13,16H,7-8H2,1-3H3;4-6H,7-8H2,1-3H3;1-3H,4-5H2;5H2,1-3H3;4*3H,2H2,1H3;1-2H3;;1H;;;/q;;;;;;;;;;;;;+1;;-1/t19-;17-;13-,18-;18-;;;;;;;;;;;;/m0000............/s1. The SMILES string of the molecule is CC.CC(C)(C)SS(N)=O.CC(C)(C)[S@](=O)N=C1CCc2c(C#N)cccc21.CC(C)(C)[S@](=O)N[C@H]1CCc2c(C#N)cccc21.CCCN(C(=O)OC(C)(C)C)[C@H]1CCc2c(C(=N)CO)cccc21.CCO.CCO.CCO.CCO.N#Cc1cccc2c1CCC2=O.[B].[C-]#[N+]c1cc(-c2nc(-c3cccc4c3CC[C@@H]4[NH2+]CCO)no2)ccc1OC(C)C.[Cl-].[H-].[Na+].[Ti]. The number of halogens is 1. The van der Waals surface area contributed by atoms with E-state index in [1.165, 1.54) is 21.9 Å². The number of rotatable bonds is 16. The van der Waals surface area contributed by atoms with Gasteiger partial charge in [-0.25, -0.2) is 32.1 Å². The zero-order valence-electron chi connectivity index (χ0n) is 79.9. The van der Waals surface area contributed by atoms with Crippen LogP contribution in [-0.2, 0) is 90.5 Å². The molecule has 695 valence electrons. The molecule has 0 saturated carbocycles. The Hall–Kier alpha value is -6.99. The molecule has 1 heterocycles. The van der Waals surface area contributed by atoms with Crippen LogP contribution in [-0.4, -0.2) is 169 Å². The minimum absolute atomic E-state index is 0. The molecule has 0 bridgehead atoms. The van der Waals surface area contributed by atoms with Gasteiger partial charge >= 0.3 is 35.7 Å². The second-order valence-corrected chi connectivity index (χ2v) is 39.7. The van der Waals surface area contributed by atoms with E-state index in [9.17, 15) is 27.3 Å². The van der Waals surface area contributed by atoms with E-state index in [0.29, 0.717) is 65.4 Å². The fourth-order valence-corrected chi connectivity index (χ4v) is 16.7. The number of quaternary nitrogens is 1. The molecule has 12 N–H and O–H groups in total. The molecule has 34 heteroatoms. The first-order valence-corrected chi connectivity index (χ1v) is 46.9. The van der Waals surface area contributed by atoms with E-state index in [-0.39, 0.29) is 163 Å². The summed E-state index contributed by atoms with van der Waals surface area (Å²) < 4.78 is 58.2. The molecule has 128 heavy (non-hydrogen) atoms. The van der Waals surface area contributed by atoms with Gasteiger partial charge in [-0.1, -0.05) is 98.7 Å². The quantitative estimate of drug-likeness (QED) is 0.0186. The predicted octanol–water partition coefficient (Wildman–Crippen LogP) is 9.82. The Morgan fingerprint density at radius 2 is 1.20 bits per heavy atom. The van der Waals surface area contributed by atoms with Crippen LogP contribution in [0.4, 0.5) is 10.5 Å². The van der Waals surface area contributed by atoms with Crippen LogP contribution in [0.1, 0.15) is 286 Å². The van der Waals surface area contributed by atoms with E-state index < -0.39 is 37.6 Å². The van der Waals surface area contributed by atoms with Gasteiger partial charge in [-0.3, -0.25) is 4.79 Å². The number of aliphatic hydroxyl groups is 6. The molecule has 3 radical (unpaired) electrons. The number of nitriles is 3. The average Bonchev–Trinajstić information content (AvgIpc) is 1.64. The van der Waals surface area contributed by atoms with E-state index >= 15 is 0 Å². The molecular weight excluding hydrogens is 1770 g/mol. The van der Waals surface area contributed by atoms with Gasteiger partial charge in [-0.15, -0.1) is 0 Å². The Morgan fingerprint density at radius 1 is 0.703 bits per heavy atom. The van der Waals surface area contributed by atoms with Crippen LogP contribution in [0.3, 0.4) is 0 Å². The van der Waals surface area contributed by atoms with Gasteiger partial charge in [0.25, 0.3) is 5.89 Å². The molecule has 6 atom stereocenters. The number of aromatic nitrogens is 2. The van der Waals surface area contributed by atoms with E-state index in [4.69, 9.17) is 72.4 Å². The van der Waals surface area contributed by atoms with Gasteiger partial charge in [0.2, 0.25) is 11.5 Å². The molecule has 12 rings (SSSR count). The third-order valence-electron chi connectivity index (χ3n) is 18.1. The van der Waals surface area contributed by atoms with E-state index in [1.54, 1.807) is 58.0 Å². The zero-order valence-corrected chi connectivity index (χ0v) is 86.5. The number of hydrogen-bond acceptors (Lipinski definition) is 21. The number of Topliss-reactive ketones (excluding diaryl/α,β-unsaturated/α-hetero) is 1. The van der Waals surface area contributed by atoms with E-state index in [0.717, 1.165) is 131 Å². The fourth-order valence-electron chi connectivity index (χ4n) is 13.2. The van der Waals surface area contributed by atoms with E-state index in [1.807, 2.05) is 195 Å². The third kappa shape index (κ3) is 41.0. The fraction of sp³-hybridized carbons (Fsp3) is 0.511. The monoisotopic (exact) mass is 1900 g/mol. The molecule has 1 unspecified atom stereocenters. The zero-order chi connectivity index (χ0) is 93.8. The number of carbonyl (C=O) groups excluding carboxylic acids is 2. The molecule has 0 fully saturated rings. The number of amides is 1. The van der Waals surface area contributed by atoms with Gasteiger partial charge in [-0.2, -0.15) is 25.2 Å². The number of nitrogens with two attached hydrogens (primary N) is 2. The predicted molar refractivity (Wildman–Crippen MR) is 507 cm³/mol. The summed E-state index contributed by atoms with van der Waals surface area (Å²) in [5.74, 6) is 1.65. The molecule has 1 amide bonds. The summed E-state index contributed by atoms with van der Waals surface area (Å²) in [6.07, 6.45) is 8.86. The number of fused-ring (bicyclic) bond motifs is 5. The number of benzene rings is 6. The van der Waals surface area contributed by atoms with Crippen molar-refractivity contribution in [3.63, 3.8) is 0 Å². The van der Waals surface area contributed by atoms with Crippen LogP contribution in [0.5, 0.6) is 5.75 Å². The number of nitrogens with one attached hydrogen (secondary N) is 2. The first kappa shape index (κ1) is 125. The van der Waals surface area contributed by atoms with Crippen LogP contribution in [0.25, 0.3) is 27.7 Å². The molecule has 0 aliphatic heterocycles. The van der Waals surface area contributed by atoms with Crippen LogP contribution < -0.4 is 61.9 Å². The molecule has 5 aliphatic carbocycles. The number of ether oxygens (including phenoxy) is 2. The first-order valence-electron chi connectivity index (χ1n) is 42.1. The minimum atomic E-state index is -1.24. The summed E-state index contributed by atoms with van der Waals surface area (Å²) in [7, 11) is -2.27. The minimum Gasteiger partial charge on any atom is -1.00 e. The Labute approximate surface area is 819 Å². The smallest absolute Gasteiger partial charge is 1.00 e. The van der Waals surface area contributed by atoms with Crippen LogP contribution in [0.15, 0.2) is 118 Å². The molecular formula is C94H136BClN12NaO14S4Ti. The van der Waals surface area contributed by atoms with Crippen molar-refractivity contribution in [3.05, 3.63) is 199 Å². The Kier molecular flexibility index (Phi) is 62.5. The van der Waals surface area contributed by atoms with Gasteiger partial charge in [-0.05, 0) is 269 Å². The Balaban J connectivity index is -0.000000721. The summed E-state index contributed by atoms with van der Waals surface area (Å²) in [5.41, 5.74) is 16.2. The third-order valence-corrected chi connectivity index (χ3v) is 23.8. The largest absolute Gasteiger partial charge is 1.00 e. The van der Waals surface area contributed by atoms with Crippen molar-refractivity contribution in [2.45, 2.75) is 260 Å². The number of aliphatic hydroxyl groups excluding tert-OH is 6. The first-order chi connectivity index (χ1) is 58.6. The van der Waals surface area contributed by atoms with Gasteiger partial charge in [0.15, 0.2) is 15.8 Å². The second kappa shape index (κ2) is 64.0. The van der Waals surface area contributed by atoms with Crippen molar-refractivity contribution in [1.29, 1.82) is 21.2 Å². The summed E-state index contributed by atoms with van der Waals surface area (Å²) >= 11 is 0. The summed E-state index contributed by atoms with van der Waals surface area (Å²) in [6, 6.07) is 41.0. The molecule has 6 aromatic carbocycles. The van der Waals surface area contributed by atoms with Crippen molar-refractivity contribution in [3.8, 4) is 46.8 Å². The van der Waals surface area contributed by atoms with Crippen molar-refractivity contribution in [2.24, 2.45) is 9.54 Å². The van der Waals surface area contributed by atoms with Crippen LogP contribution in [0.2, 0.25) is 0 Å². The van der Waals surface area contributed by atoms with Crippen molar-refractivity contribution < 1.29 is 137 Å². The number of carbonyl (C=O) groups is 2. The Bertz CT molecular complexity index is 4860. The summed E-state index contributed by atoms with van der Waals surface area (Å²) in [6.45, 7) is 49.4. The summed E-state index contributed by atoms with van der Waals surface area (Å²) in [4.78, 5) is 33.9. The number of nitrogens with zero attached hydrogens (tertiary/aromatic N) is 8. The van der Waals surface area contributed by atoms with Crippen molar-refractivity contribution in [2.75, 3.05) is 52.7 Å². The second-order valence-electron chi connectivity index (χ2n) is 32.4. The maximum absolute atomic E-state index is 12.6. The Morgan fingerprint density at radius 3 is 1.70 bits per heavy atom. The van der Waals surface area contributed by atoms with Crippen molar-refractivity contribution in [1.82, 2.24) is 19.8 Å². The maximum Gasteiger partial charge on any atom is 1.00 e. The molecule has 26 nitrogen and oxygen atoms in total. The topological polar surface area (TPSA) is 434 Å². The molecule has 1 aromatic heterocycles. The number of ketones is 1. The van der Waals surface area contributed by atoms with Crippen LogP contribution >= 0.6 is 10.8 Å². The maximum atomic E-state index is 12.6. The van der Waals surface area contributed by atoms with E-state index in [2.05, 4.69) is 53.7 Å². The van der Waals surface area contributed by atoms with Gasteiger partial charge in [0.1, 0.15) is 28.4 Å². The number of hydrogen-bond donors (Lipinski definition) is 10. The van der Waals surface area contributed by atoms with Crippen LogP contribution in [0, 0.1) is 46.0 Å². The van der Waals surface area contributed by atoms with Gasteiger partial charge in [0, 0.05) is 120 Å². The summed E-state index contributed by atoms with van der Waals surface area (Å²) in [5, 5.41) is 94.9. The molecule has 0 saturated heterocycles. The molecule has 0 spiro atoms. The molecule has 7 aromatic rings. The molecule has 5 aliphatic rings. The average molecular weight is 1900 g/mol. The van der Waals surface area contributed by atoms with Gasteiger partial charge < -0.3 is 74.1 Å². The van der Waals surface area contributed by atoms with Gasteiger partial charge in [0.05, 0.1) is 105 Å². The normalized spacial score (nSPS) is 15.1. The van der Waals surface area contributed by atoms with Crippen molar-refractivity contribution >= 4 is 80.2 Å².